The van der Waals surface area contributed by atoms with Crippen molar-refractivity contribution in [1.29, 1.82) is 0 Å². The van der Waals surface area contributed by atoms with Crippen LogP contribution in [0, 0.1) is 15.5 Å². The van der Waals surface area contributed by atoms with Crippen molar-refractivity contribution in [2.24, 2.45) is 11.1 Å². The van der Waals surface area contributed by atoms with Crippen LogP contribution >= 0.6 is 11.6 Å². The van der Waals surface area contributed by atoms with E-state index in [2.05, 4.69) is 10.1 Å². The van der Waals surface area contributed by atoms with Gasteiger partial charge in [0.05, 0.1) is 11.0 Å². The number of nitro groups is 1. The molecule has 112 valence electrons. The minimum atomic E-state index is -0.534. The fraction of sp³-hybridized carbons (Fsp3) is 0.385. The number of aromatic nitrogens is 2. The number of nitrogens with zero attached hydrogens (tertiary/aromatic N) is 3. The molecule has 0 saturated heterocycles. The van der Waals surface area contributed by atoms with Crippen LogP contribution in [0.2, 0.25) is 5.02 Å². The monoisotopic (exact) mass is 310 g/mol. The van der Waals surface area contributed by atoms with Gasteiger partial charge in [-0.05, 0) is 11.5 Å². The average Bonchev–Trinajstić information content (AvgIpc) is 2.85. The predicted octanol–water partition coefficient (Wildman–Crippen LogP) is 3.34. The van der Waals surface area contributed by atoms with Crippen LogP contribution < -0.4 is 5.73 Å². The molecule has 1 aromatic carbocycles. The third-order valence-corrected chi connectivity index (χ3v) is 3.21. The van der Waals surface area contributed by atoms with E-state index < -0.39 is 11.0 Å². The molecule has 0 amide bonds. The van der Waals surface area contributed by atoms with Crippen molar-refractivity contribution in [2.45, 2.75) is 26.8 Å². The van der Waals surface area contributed by atoms with Gasteiger partial charge < -0.3 is 10.3 Å². The van der Waals surface area contributed by atoms with Gasteiger partial charge in [0, 0.05) is 22.7 Å². The van der Waals surface area contributed by atoms with E-state index in [1.807, 2.05) is 20.8 Å². The zero-order valence-electron chi connectivity index (χ0n) is 11.8. The van der Waals surface area contributed by atoms with Crippen LogP contribution in [-0.2, 0) is 0 Å². The lowest BCUT2D eigenvalue weighted by Crippen LogP contribution is -2.27. The summed E-state index contributed by atoms with van der Waals surface area (Å²) in [6.07, 6.45) is 0. The Bertz CT molecular complexity index is 678. The van der Waals surface area contributed by atoms with E-state index in [1.54, 1.807) is 0 Å². The molecule has 0 aliphatic carbocycles. The Morgan fingerprint density at radius 3 is 2.62 bits per heavy atom. The fourth-order valence-electron chi connectivity index (χ4n) is 1.67. The second-order valence-electron chi connectivity index (χ2n) is 5.76. The smallest absolute Gasteiger partial charge is 0.271 e. The van der Waals surface area contributed by atoms with Crippen LogP contribution in [0.1, 0.15) is 32.6 Å². The molecule has 0 bridgehead atoms. The van der Waals surface area contributed by atoms with Crippen LogP contribution in [0.15, 0.2) is 22.7 Å². The summed E-state index contributed by atoms with van der Waals surface area (Å²) in [4.78, 5) is 14.5. The molecular weight excluding hydrogens is 296 g/mol. The van der Waals surface area contributed by atoms with Gasteiger partial charge >= 0.3 is 0 Å². The zero-order chi connectivity index (χ0) is 15.8. The van der Waals surface area contributed by atoms with Crippen LogP contribution in [0.5, 0.6) is 0 Å². The largest absolute Gasteiger partial charge is 0.334 e. The number of rotatable bonds is 3. The first kappa shape index (κ1) is 15.4. The normalized spacial score (nSPS) is 13.2. The maximum atomic E-state index is 10.8. The number of nitro benzene ring substituents is 1. The lowest BCUT2D eigenvalue weighted by molar-refractivity contribution is -0.384. The highest BCUT2D eigenvalue weighted by Gasteiger charge is 2.27. The summed E-state index contributed by atoms with van der Waals surface area (Å²) in [5.74, 6) is 0.496. The molecule has 2 rings (SSSR count). The minimum absolute atomic E-state index is 0.141. The second kappa shape index (κ2) is 5.42. The molecule has 0 radical (unpaired) electrons. The zero-order valence-corrected chi connectivity index (χ0v) is 12.6. The highest BCUT2D eigenvalue weighted by molar-refractivity contribution is 6.31. The third kappa shape index (κ3) is 3.37. The topological polar surface area (TPSA) is 108 Å². The number of non-ortho nitro benzene ring substituents is 1. The van der Waals surface area contributed by atoms with Crippen molar-refractivity contribution in [1.82, 2.24) is 10.1 Å². The van der Waals surface area contributed by atoms with Gasteiger partial charge in [-0.1, -0.05) is 37.5 Å². The Hall–Kier alpha value is -1.99. The number of benzene rings is 1. The van der Waals surface area contributed by atoms with Gasteiger partial charge in [-0.3, -0.25) is 10.1 Å². The lowest BCUT2D eigenvalue weighted by atomic mass is 9.87. The Kier molecular flexibility index (Phi) is 3.97. The van der Waals surface area contributed by atoms with E-state index in [-0.39, 0.29) is 22.0 Å². The SMILES string of the molecule is CC(C)(C)C(N)c1noc(-c2cc(Cl)cc([N+](=O)[O-])c2)n1. The molecule has 0 spiro atoms. The Morgan fingerprint density at radius 2 is 2.05 bits per heavy atom. The fourth-order valence-corrected chi connectivity index (χ4v) is 1.90. The van der Waals surface area contributed by atoms with Gasteiger partial charge in [0.1, 0.15) is 0 Å². The summed E-state index contributed by atoms with van der Waals surface area (Å²) in [5, 5.41) is 14.9. The van der Waals surface area contributed by atoms with Gasteiger partial charge in [-0.2, -0.15) is 4.98 Å². The molecule has 8 heteroatoms. The van der Waals surface area contributed by atoms with Crippen LogP contribution in [-0.4, -0.2) is 15.1 Å². The summed E-state index contributed by atoms with van der Waals surface area (Å²) in [5.41, 5.74) is 6.06. The second-order valence-corrected chi connectivity index (χ2v) is 6.19. The van der Waals surface area contributed by atoms with E-state index in [0.29, 0.717) is 11.4 Å². The van der Waals surface area contributed by atoms with E-state index in [9.17, 15) is 10.1 Å². The lowest BCUT2D eigenvalue weighted by Gasteiger charge is -2.23. The first-order valence-electron chi connectivity index (χ1n) is 6.23. The Labute approximate surface area is 126 Å². The van der Waals surface area contributed by atoms with Crippen molar-refractivity contribution in [2.75, 3.05) is 0 Å². The van der Waals surface area contributed by atoms with Gasteiger partial charge in [0.15, 0.2) is 5.82 Å². The molecule has 0 fully saturated rings. The molecule has 1 aromatic heterocycles. The predicted molar refractivity (Wildman–Crippen MR) is 77.8 cm³/mol. The molecule has 0 aliphatic rings. The van der Waals surface area contributed by atoms with Crippen LogP contribution in [0.3, 0.4) is 0 Å². The van der Waals surface area contributed by atoms with Crippen molar-refractivity contribution < 1.29 is 9.45 Å². The maximum Gasteiger partial charge on any atom is 0.271 e. The molecule has 2 aromatic rings. The third-order valence-electron chi connectivity index (χ3n) is 2.99. The van der Waals surface area contributed by atoms with Gasteiger partial charge in [0.25, 0.3) is 11.6 Å². The Morgan fingerprint density at radius 1 is 1.38 bits per heavy atom. The summed E-state index contributed by atoms with van der Waals surface area (Å²) < 4.78 is 5.13. The van der Waals surface area contributed by atoms with E-state index in [1.165, 1.54) is 18.2 Å². The molecule has 0 aliphatic heterocycles. The van der Waals surface area contributed by atoms with Crippen molar-refractivity contribution in [3.05, 3.63) is 39.2 Å². The maximum absolute atomic E-state index is 10.8. The molecule has 7 nitrogen and oxygen atoms in total. The van der Waals surface area contributed by atoms with E-state index in [0.717, 1.165) is 0 Å². The molecule has 1 unspecified atom stereocenters. The minimum Gasteiger partial charge on any atom is -0.334 e. The molecule has 1 heterocycles. The van der Waals surface area contributed by atoms with Gasteiger partial charge in [0.2, 0.25) is 0 Å². The number of nitrogens with two attached hydrogens (primary N) is 1. The highest BCUT2D eigenvalue weighted by atomic mass is 35.5. The van der Waals surface area contributed by atoms with Crippen LogP contribution in [0.4, 0.5) is 5.69 Å². The van der Waals surface area contributed by atoms with E-state index >= 15 is 0 Å². The number of halogens is 1. The average molecular weight is 311 g/mol. The summed E-state index contributed by atoms with van der Waals surface area (Å²) >= 11 is 5.87. The first-order valence-corrected chi connectivity index (χ1v) is 6.61. The van der Waals surface area contributed by atoms with Crippen LogP contribution in [0.25, 0.3) is 11.5 Å². The highest BCUT2D eigenvalue weighted by Crippen LogP contribution is 2.31. The molecule has 21 heavy (non-hydrogen) atoms. The first-order chi connectivity index (χ1) is 9.68. The van der Waals surface area contributed by atoms with Crippen molar-refractivity contribution >= 4 is 17.3 Å². The summed E-state index contributed by atoms with van der Waals surface area (Å²) in [6, 6.07) is 3.69. The molecular formula is C13H15ClN4O3. The quantitative estimate of drug-likeness (QED) is 0.688. The summed E-state index contributed by atoms with van der Waals surface area (Å²) in [6.45, 7) is 5.87. The standard InChI is InChI=1S/C13H15ClN4O3/c1-13(2,3)10(15)11-16-12(21-17-11)7-4-8(14)6-9(5-7)18(19)20/h4-6,10H,15H2,1-3H3. The summed E-state index contributed by atoms with van der Waals surface area (Å²) in [7, 11) is 0. The molecule has 2 N–H and O–H groups in total. The van der Waals surface area contributed by atoms with Gasteiger partial charge in [-0.15, -0.1) is 0 Å². The van der Waals surface area contributed by atoms with Crippen molar-refractivity contribution in [3.63, 3.8) is 0 Å². The Balaban J connectivity index is 2.40. The molecule has 1 atom stereocenters. The van der Waals surface area contributed by atoms with Crippen molar-refractivity contribution in [3.8, 4) is 11.5 Å². The van der Waals surface area contributed by atoms with Gasteiger partial charge in [-0.25, -0.2) is 0 Å². The number of hydrogen-bond acceptors (Lipinski definition) is 6. The molecule has 0 saturated carbocycles. The number of hydrogen-bond donors (Lipinski definition) is 1. The van der Waals surface area contributed by atoms with E-state index in [4.69, 9.17) is 21.9 Å².